The number of aromatic nitrogens is 2. The number of benzene rings is 2. The summed E-state index contributed by atoms with van der Waals surface area (Å²) in [7, 11) is 0. The molecule has 0 aliphatic heterocycles. The lowest BCUT2D eigenvalue weighted by Crippen LogP contribution is -2.32. The molecule has 1 heterocycles. The summed E-state index contributed by atoms with van der Waals surface area (Å²) < 4.78 is 37.5. The van der Waals surface area contributed by atoms with Crippen molar-refractivity contribution in [2.45, 2.75) is 26.4 Å². The zero-order valence-corrected chi connectivity index (χ0v) is 19.4. The molecule has 0 saturated heterocycles. The fourth-order valence-electron chi connectivity index (χ4n) is 3.14. The first-order chi connectivity index (χ1) is 16.3. The standard InChI is InChI=1S/C25H28F2N4O3/c1-25(2,3)34-24(32)17-33-18-30(14-13-26)22-15-28-16-23(29-22)31(20-7-5-4-6-8-20)21-11-9-19(27)10-12-21/h4-12,15-16H,13-14,17-18H2,1-3H3. The van der Waals surface area contributed by atoms with Crippen LogP contribution in [0.4, 0.5) is 31.8 Å². The average Bonchev–Trinajstić information content (AvgIpc) is 2.80. The molecule has 7 nitrogen and oxygen atoms in total. The van der Waals surface area contributed by atoms with Crippen LogP contribution in [0.25, 0.3) is 0 Å². The van der Waals surface area contributed by atoms with Crippen LogP contribution in [0.2, 0.25) is 0 Å². The number of rotatable bonds is 10. The van der Waals surface area contributed by atoms with Gasteiger partial charge in [0.1, 0.15) is 31.4 Å². The largest absolute Gasteiger partial charge is 0.458 e. The predicted molar refractivity (Wildman–Crippen MR) is 127 cm³/mol. The van der Waals surface area contributed by atoms with E-state index in [1.165, 1.54) is 23.2 Å². The first-order valence-corrected chi connectivity index (χ1v) is 10.8. The molecule has 0 atom stereocenters. The topological polar surface area (TPSA) is 67.8 Å². The second-order valence-corrected chi connectivity index (χ2v) is 8.40. The molecule has 0 fully saturated rings. The summed E-state index contributed by atoms with van der Waals surface area (Å²) >= 11 is 0. The van der Waals surface area contributed by atoms with Crippen LogP contribution in [0, 0.1) is 5.82 Å². The number of alkyl halides is 1. The zero-order chi connectivity index (χ0) is 24.6. The van der Waals surface area contributed by atoms with Gasteiger partial charge in [0.25, 0.3) is 0 Å². The third kappa shape index (κ3) is 7.21. The van der Waals surface area contributed by atoms with E-state index in [0.717, 1.165) is 5.69 Å². The lowest BCUT2D eigenvalue weighted by atomic mass is 10.2. The highest BCUT2D eigenvalue weighted by molar-refractivity contribution is 5.74. The van der Waals surface area contributed by atoms with E-state index in [2.05, 4.69) is 9.97 Å². The number of hydrogen-bond acceptors (Lipinski definition) is 7. The van der Waals surface area contributed by atoms with Gasteiger partial charge in [-0.25, -0.2) is 18.6 Å². The Kier molecular flexibility index (Phi) is 8.48. The summed E-state index contributed by atoms with van der Waals surface area (Å²) in [5.74, 6) is -0.0550. The van der Waals surface area contributed by atoms with E-state index in [4.69, 9.17) is 9.47 Å². The molecule has 2 aromatic carbocycles. The van der Waals surface area contributed by atoms with Gasteiger partial charge in [-0.1, -0.05) is 18.2 Å². The number of hydrogen-bond donors (Lipinski definition) is 0. The van der Waals surface area contributed by atoms with Crippen LogP contribution in [0.1, 0.15) is 20.8 Å². The fourth-order valence-corrected chi connectivity index (χ4v) is 3.14. The number of anilines is 4. The van der Waals surface area contributed by atoms with Gasteiger partial charge < -0.3 is 14.4 Å². The number of nitrogens with zero attached hydrogens (tertiary/aromatic N) is 4. The Labute approximate surface area is 198 Å². The third-order valence-corrected chi connectivity index (χ3v) is 4.50. The number of ether oxygens (including phenoxy) is 2. The van der Waals surface area contributed by atoms with E-state index in [-0.39, 0.29) is 25.7 Å². The molecule has 34 heavy (non-hydrogen) atoms. The summed E-state index contributed by atoms with van der Waals surface area (Å²) in [6.45, 7) is 4.28. The van der Waals surface area contributed by atoms with Crippen LogP contribution in [0.3, 0.4) is 0 Å². The molecule has 9 heteroatoms. The number of esters is 1. The molecule has 3 aromatic rings. The Morgan fingerprint density at radius 1 is 0.971 bits per heavy atom. The van der Waals surface area contributed by atoms with Crippen LogP contribution >= 0.6 is 0 Å². The van der Waals surface area contributed by atoms with Crippen LogP contribution in [-0.4, -0.2) is 48.1 Å². The van der Waals surface area contributed by atoms with Crippen molar-refractivity contribution in [2.75, 3.05) is 36.4 Å². The molecule has 0 amide bonds. The Balaban J connectivity index is 1.84. The molecule has 0 unspecified atom stereocenters. The van der Waals surface area contributed by atoms with Gasteiger partial charge in [0.2, 0.25) is 0 Å². The molecule has 0 N–H and O–H groups in total. The molecular formula is C25H28F2N4O3. The van der Waals surface area contributed by atoms with Crippen molar-refractivity contribution in [1.29, 1.82) is 0 Å². The van der Waals surface area contributed by atoms with Gasteiger partial charge in [-0.3, -0.25) is 9.88 Å². The molecule has 3 rings (SSSR count). The first-order valence-electron chi connectivity index (χ1n) is 10.8. The Bertz CT molecular complexity index is 1060. The average molecular weight is 471 g/mol. The van der Waals surface area contributed by atoms with Crippen LogP contribution in [0.15, 0.2) is 67.0 Å². The number of halogens is 2. The minimum atomic E-state index is -0.651. The normalized spacial score (nSPS) is 11.2. The SMILES string of the molecule is CC(C)(C)OC(=O)COCN(CCF)c1cncc(N(c2ccccc2)c2ccc(F)cc2)n1. The van der Waals surface area contributed by atoms with Crippen molar-refractivity contribution in [3.63, 3.8) is 0 Å². The lowest BCUT2D eigenvalue weighted by molar-refractivity contribution is -0.160. The number of carbonyl (C=O) groups excluding carboxylic acids is 1. The van der Waals surface area contributed by atoms with E-state index in [1.807, 2.05) is 35.2 Å². The van der Waals surface area contributed by atoms with Crippen molar-refractivity contribution < 1.29 is 23.0 Å². The summed E-state index contributed by atoms with van der Waals surface area (Å²) in [4.78, 5) is 24.2. The number of para-hydroxylation sites is 1. The van der Waals surface area contributed by atoms with Gasteiger partial charge in [0.05, 0.1) is 18.9 Å². The second-order valence-electron chi connectivity index (χ2n) is 8.40. The highest BCUT2D eigenvalue weighted by Crippen LogP contribution is 2.33. The smallest absolute Gasteiger partial charge is 0.332 e. The Morgan fingerprint density at radius 3 is 2.26 bits per heavy atom. The molecular weight excluding hydrogens is 442 g/mol. The van der Waals surface area contributed by atoms with Crippen molar-refractivity contribution in [3.05, 3.63) is 72.8 Å². The summed E-state index contributed by atoms with van der Waals surface area (Å²) in [6, 6.07) is 15.4. The quantitative estimate of drug-likeness (QED) is 0.299. The van der Waals surface area contributed by atoms with Gasteiger partial charge >= 0.3 is 5.97 Å². The highest BCUT2D eigenvalue weighted by atomic mass is 19.1. The molecule has 0 bridgehead atoms. The maximum atomic E-state index is 13.5. The molecule has 0 saturated carbocycles. The van der Waals surface area contributed by atoms with Gasteiger partial charge in [-0.05, 0) is 57.2 Å². The minimum Gasteiger partial charge on any atom is -0.458 e. The predicted octanol–water partition coefficient (Wildman–Crippen LogP) is 5.18. The molecule has 0 aliphatic carbocycles. The second kappa shape index (κ2) is 11.5. The van der Waals surface area contributed by atoms with Gasteiger partial charge in [0, 0.05) is 11.4 Å². The molecule has 1 aromatic heterocycles. The monoisotopic (exact) mass is 470 g/mol. The van der Waals surface area contributed by atoms with Crippen LogP contribution in [-0.2, 0) is 14.3 Å². The molecule has 0 radical (unpaired) electrons. The van der Waals surface area contributed by atoms with E-state index in [9.17, 15) is 13.6 Å². The van der Waals surface area contributed by atoms with Gasteiger partial charge in [-0.15, -0.1) is 0 Å². The fraction of sp³-hybridized carbons (Fsp3) is 0.320. The first kappa shape index (κ1) is 25.0. The summed E-state index contributed by atoms with van der Waals surface area (Å²) in [5, 5.41) is 0. The van der Waals surface area contributed by atoms with Crippen molar-refractivity contribution in [1.82, 2.24) is 9.97 Å². The van der Waals surface area contributed by atoms with Crippen molar-refractivity contribution in [3.8, 4) is 0 Å². The molecule has 0 spiro atoms. The molecule has 180 valence electrons. The zero-order valence-electron chi connectivity index (χ0n) is 19.4. The maximum absolute atomic E-state index is 13.5. The Morgan fingerprint density at radius 2 is 1.62 bits per heavy atom. The molecule has 0 aliphatic rings. The van der Waals surface area contributed by atoms with E-state index in [1.54, 1.807) is 39.1 Å². The summed E-state index contributed by atoms with van der Waals surface area (Å²) in [5.41, 5.74) is 0.844. The highest BCUT2D eigenvalue weighted by Gasteiger charge is 2.19. The van der Waals surface area contributed by atoms with Gasteiger partial charge in [-0.2, -0.15) is 0 Å². The van der Waals surface area contributed by atoms with Crippen LogP contribution < -0.4 is 9.80 Å². The number of carbonyl (C=O) groups is 1. The lowest BCUT2D eigenvalue weighted by Gasteiger charge is -2.27. The van der Waals surface area contributed by atoms with Crippen molar-refractivity contribution in [2.24, 2.45) is 0 Å². The van der Waals surface area contributed by atoms with Crippen molar-refractivity contribution >= 4 is 29.0 Å². The van der Waals surface area contributed by atoms with Crippen LogP contribution in [0.5, 0.6) is 0 Å². The Hall–Kier alpha value is -3.59. The van der Waals surface area contributed by atoms with E-state index < -0.39 is 18.2 Å². The summed E-state index contributed by atoms with van der Waals surface area (Å²) in [6.07, 6.45) is 3.05. The third-order valence-electron chi connectivity index (χ3n) is 4.50. The minimum absolute atomic E-state index is 0.00562. The van der Waals surface area contributed by atoms with E-state index in [0.29, 0.717) is 17.3 Å². The van der Waals surface area contributed by atoms with E-state index >= 15 is 0 Å². The maximum Gasteiger partial charge on any atom is 0.332 e. The van der Waals surface area contributed by atoms with Gasteiger partial charge in [0.15, 0.2) is 11.6 Å².